The minimum atomic E-state index is -0.416. The highest BCUT2D eigenvalue weighted by Gasteiger charge is 2.42. The number of amides is 3. The fourth-order valence-electron chi connectivity index (χ4n) is 3.39. The maximum atomic E-state index is 12.8. The maximum Gasteiger partial charge on any atom is 0.329 e. The SMILES string of the molecule is O=C1NC(C2CC=CCC2)C(=O)N1c1ccc2cnccc2c1. The lowest BCUT2D eigenvalue weighted by molar-refractivity contribution is -0.119. The molecule has 2 heterocycles. The van der Waals surface area contributed by atoms with Crippen LogP contribution in [0, 0.1) is 5.92 Å². The number of hydrogen-bond donors (Lipinski definition) is 1. The third-order valence-corrected chi connectivity index (χ3v) is 4.63. The number of benzene rings is 1. The van der Waals surface area contributed by atoms with E-state index in [1.54, 1.807) is 18.5 Å². The molecule has 0 saturated carbocycles. The largest absolute Gasteiger partial charge is 0.329 e. The molecule has 2 unspecified atom stereocenters. The summed E-state index contributed by atoms with van der Waals surface area (Å²) < 4.78 is 0. The van der Waals surface area contributed by atoms with Crippen molar-refractivity contribution < 1.29 is 9.59 Å². The van der Waals surface area contributed by atoms with Crippen LogP contribution in [0.25, 0.3) is 10.8 Å². The molecule has 0 spiro atoms. The zero-order chi connectivity index (χ0) is 15.8. The molecule has 5 heteroatoms. The molecule has 1 saturated heterocycles. The highest BCUT2D eigenvalue weighted by atomic mass is 16.2. The lowest BCUT2D eigenvalue weighted by atomic mass is 9.87. The summed E-state index contributed by atoms with van der Waals surface area (Å²) in [6.07, 6.45) is 10.4. The summed E-state index contributed by atoms with van der Waals surface area (Å²) in [4.78, 5) is 30.4. The summed E-state index contributed by atoms with van der Waals surface area (Å²) in [5.74, 6) is 0.0369. The van der Waals surface area contributed by atoms with Gasteiger partial charge in [0.2, 0.25) is 0 Å². The standard InChI is InChI=1S/C18H17N3O2/c22-17-16(12-4-2-1-3-5-12)20-18(23)21(17)15-7-6-14-11-19-9-8-13(14)10-15/h1-2,6-12,16H,3-5H2,(H,20,23). The van der Waals surface area contributed by atoms with Crippen molar-refractivity contribution in [2.45, 2.75) is 25.3 Å². The van der Waals surface area contributed by atoms with Gasteiger partial charge in [0.25, 0.3) is 5.91 Å². The second kappa shape index (κ2) is 5.50. The third-order valence-electron chi connectivity index (χ3n) is 4.63. The number of fused-ring (bicyclic) bond motifs is 1. The number of allylic oxidation sites excluding steroid dienone is 2. The van der Waals surface area contributed by atoms with Crippen molar-refractivity contribution in [3.63, 3.8) is 0 Å². The van der Waals surface area contributed by atoms with E-state index in [0.717, 1.165) is 30.0 Å². The van der Waals surface area contributed by atoms with Crippen LogP contribution in [-0.2, 0) is 4.79 Å². The van der Waals surface area contributed by atoms with Gasteiger partial charge in [-0.15, -0.1) is 0 Å². The third kappa shape index (κ3) is 2.38. The van der Waals surface area contributed by atoms with Gasteiger partial charge in [-0.25, -0.2) is 9.69 Å². The van der Waals surface area contributed by atoms with Gasteiger partial charge in [0, 0.05) is 17.8 Å². The van der Waals surface area contributed by atoms with E-state index in [2.05, 4.69) is 22.5 Å². The Labute approximate surface area is 134 Å². The van der Waals surface area contributed by atoms with Gasteiger partial charge in [-0.05, 0) is 48.8 Å². The number of carbonyl (C=O) groups excluding carboxylic acids is 2. The Morgan fingerprint density at radius 1 is 1.13 bits per heavy atom. The average molecular weight is 307 g/mol. The van der Waals surface area contributed by atoms with Crippen LogP contribution in [0.2, 0.25) is 0 Å². The van der Waals surface area contributed by atoms with Crippen molar-refractivity contribution in [3.8, 4) is 0 Å². The molecule has 1 aromatic heterocycles. The molecule has 116 valence electrons. The van der Waals surface area contributed by atoms with Crippen molar-refractivity contribution in [2.75, 3.05) is 4.90 Å². The van der Waals surface area contributed by atoms with Gasteiger partial charge in [0.15, 0.2) is 0 Å². The first kappa shape index (κ1) is 13.9. The number of urea groups is 1. The Kier molecular flexibility index (Phi) is 3.33. The second-order valence-corrected chi connectivity index (χ2v) is 6.05. The molecule has 0 radical (unpaired) electrons. The number of aromatic nitrogens is 1. The van der Waals surface area contributed by atoms with Crippen LogP contribution >= 0.6 is 0 Å². The molecule has 1 N–H and O–H groups in total. The predicted octanol–water partition coefficient (Wildman–Crippen LogP) is 3.02. The summed E-state index contributed by atoms with van der Waals surface area (Å²) >= 11 is 0. The minimum absolute atomic E-state index is 0.149. The molecule has 0 bridgehead atoms. The quantitative estimate of drug-likeness (QED) is 0.685. The van der Waals surface area contributed by atoms with E-state index in [1.807, 2.05) is 18.2 Å². The first-order valence-electron chi connectivity index (χ1n) is 7.87. The Balaban J connectivity index is 1.66. The van der Waals surface area contributed by atoms with Crippen molar-refractivity contribution in [1.29, 1.82) is 0 Å². The maximum absolute atomic E-state index is 12.8. The van der Waals surface area contributed by atoms with Gasteiger partial charge >= 0.3 is 6.03 Å². The summed E-state index contributed by atoms with van der Waals surface area (Å²) in [6, 6.07) is 6.67. The van der Waals surface area contributed by atoms with E-state index in [-0.39, 0.29) is 17.9 Å². The van der Waals surface area contributed by atoms with Gasteiger partial charge in [0.05, 0.1) is 5.69 Å². The minimum Gasteiger partial charge on any atom is -0.325 e. The number of hydrogen-bond acceptors (Lipinski definition) is 3. The first-order chi connectivity index (χ1) is 11.2. The van der Waals surface area contributed by atoms with Gasteiger partial charge in [-0.1, -0.05) is 18.2 Å². The molecule has 1 aromatic carbocycles. The Hall–Kier alpha value is -2.69. The van der Waals surface area contributed by atoms with Crippen LogP contribution in [-0.4, -0.2) is 23.0 Å². The Morgan fingerprint density at radius 3 is 2.87 bits per heavy atom. The number of nitrogens with one attached hydrogen (secondary N) is 1. The Morgan fingerprint density at radius 2 is 2.04 bits per heavy atom. The molecule has 1 fully saturated rings. The highest BCUT2D eigenvalue weighted by molar-refractivity contribution is 6.22. The lowest BCUT2D eigenvalue weighted by Crippen LogP contribution is -2.37. The molecule has 1 aliphatic carbocycles. The molecular weight excluding hydrogens is 290 g/mol. The molecule has 1 aliphatic heterocycles. The topological polar surface area (TPSA) is 62.3 Å². The highest BCUT2D eigenvalue weighted by Crippen LogP contribution is 2.29. The van der Waals surface area contributed by atoms with E-state index < -0.39 is 6.04 Å². The zero-order valence-electron chi connectivity index (χ0n) is 12.6. The molecular formula is C18H17N3O2. The fourth-order valence-corrected chi connectivity index (χ4v) is 3.39. The van der Waals surface area contributed by atoms with Gasteiger partial charge < -0.3 is 5.32 Å². The van der Waals surface area contributed by atoms with E-state index >= 15 is 0 Å². The van der Waals surface area contributed by atoms with Gasteiger partial charge in [-0.3, -0.25) is 9.78 Å². The summed E-state index contributed by atoms with van der Waals surface area (Å²) in [6.45, 7) is 0. The van der Waals surface area contributed by atoms with Crippen LogP contribution in [0.15, 0.2) is 48.8 Å². The van der Waals surface area contributed by atoms with Crippen LogP contribution < -0.4 is 10.2 Å². The molecule has 2 atom stereocenters. The summed E-state index contributed by atoms with van der Waals surface area (Å²) in [7, 11) is 0. The van der Waals surface area contributed by atoms with Gasteiger partial charge in [-0.2, -0.15) is 0 Å². The summed E-state index contributed by atoms with van der Waals surface area (Å²) in [5.41, 5.74) is 0.611. The molecule has 2 aromatic rings. The normalized spacial score (nSPS) is 24.3. The number of nitrogens with zero attached hydrogens (tertiary/aromatic N) is 2. The fraction of sp³-hybridized carbons (Fsp3) is 0.278. The predicted molar refractivity (Wildman–Crippen MR) is 88.0 cm³/mol. The molecule has 5 nitrogen and oxygen atoms in total. The summed E-state index contributed by atoms with van der Waals surface area (Å²) in [5, 5.41) is 4.81. The molecule has 4 rings (SSSR count). The first-order valence-corrected chi connectivity index (χ1v) is 7.87. The second-order valence-electron chi connectivity index (χ2n) is 6.05. The lowest BCUT2D eigenvalue weighted by Gasteiger charge is -2.22. The van der Waals surface area contributed by atoms with Crippen molar-refractivity contribution >= 4 is 28.4 Å². The van der Waals surface area contributed by atoms with Crippen LogP contribution in [0.3, 0.4) is 0 Å². The number of anilines is 1. The van der Waals surface area contributed by atoms with Crippen molar-refractivity contribution in [1.82, 2.24) is 10.3 Å². The number of pyridine rings is 1. The van der Waals surface area contributed by atoms with Crippen LogP contribution in [0.4, 0.5) is 10.5 Å². The van der Waals surface area contributed by atoms with Crippen molar-refractivity contribution in [3.05, 3.63) is 48.8 Å². The molecule has 23 heavy (non-hydrogen) atoms. The van der Waals surface area contributed by atoms with E-state index in [0.29, 0.717) is 5.69 Å². The Bertz CT molecular complexity index is 815. The van der Waals surface area contributed by atoms with E-state index in [4.69, 9.17) is 0 Å². The molecule has 3 amide bonds. The number of rotatable bonds is 2. The average Bonchev–Trinajstić information content (AvgIpc) is 2.90. The van der Waals surface area contributed by atoms with Gasteiger partial charge in [0.1, 0.15) is 6.04 Å². The molecule has 2 aliphatic rings. The van der Waals surface area contributed by atoms with E-state index in [1.165, 1.54) is 4.90 Å². The smallest absolute Gasteiger partial charge is 0.325 e. The van der Waals surface area contributed by atoms with Crippen molar-refractivity contribution in [2.24, 2.45) is 5.92 Å². The van der Waals surface area contributed by atoms with E-state index in [9.17, 15) is 9.59 Å². The van der Waals surface area contributed by atoms with Crippen LogP contribution in [0.5, 0.6) is 0 Å². The number of carbonyl (C=O) groups is 2. The van der Waals surface area contributed by atoms with Crippen LogP contribution in [0.1, 0.15) is 19.3 Å². The zero-order valence-corrected chi connectivity index (χ0v) is 12.6. The monoisotopic (exact) mass is 307 g/mol. The number of imide groups is 1.